The second kappa shape index (κ2) is 5.50. The van der Waals surface area contributed by atoms with Gasteiger partial charge in [0.1, 0.15) is 0 Å². The van der Waals surface area contributed by atoms with E-state index in [1.807, 2.05) is 11.6 Å². The average Bonchev–Trinajstić information content (AvgIpc) is 3.00. The summed E-state index contributed by atoms with van der Waals surface area (Å²) in [4.78, 5) is 6.85. The molecule has 0 bridgehead atoms. The first-order chi connectivity index (χ1) is 9.12. The van der Waals surface area contributed by atoms with E-state index in [4.69, 9.17) is 0 Å². The Labute approximate surface area is 118 Å². The molecule has 1 unspecified atom stereocenters. The quantitative estimate of drug-likeness (QED) is 0.853. The van der Waals surface area contributed by atoms with E-state index in [2.05, 4.69) is 9.88 Å². The highest BCUT2D eigenvalue weighted by Crippen LogP contribution is 2.30. The molecule has 2 fully saturated rings. The van der Waals surface area contributed by atoms with E-state index in [1.165, 1.54) is 5.01 Å². The van der Waals surface area contributed by atoms with Crippen LogP contribution in [0.5, 0.6) is 0 Å². The van der Waals surface area contributed by atoms with Crippen molar-refractivity contribution in [3.05, 3.63) is 16.6 Å². The van der Waals surface area contributed by atoms with Gasteiger partial charge in [0.05, 0.1) is 16.5 Å². The van der Waals surface area contributed by atoms with Crippen LogP contribution in [0, 0.1) is 5.92 Å². The fourth-order valence-corrected chi connectivity index (χ4v) is 5.84. The molecule has 2 aliphatic heterocycles. The molecule has 2 aliphatic rings. The highest BCUT2D eigenvalue weighted by molar-refractivity contribution is 7.91. The zero-order chi connectivity index (χ0) is 13.3. The van der Waals surface area contributed by atoms with Gasteiger partial charge in [0.2, 0.25) is 0 Å². The van der Waals surface area contributed by atoms with E-state index in [1.54, 1.807) is 11.3 Å². The molecule has 1 atom stereocenters. The maximum atomic E-state index is 11.5. The summed E-state index contributed by atoms with van der Waals surface area (Å²) in [6, 6.07) is 0. The first kappa shape index (κ1) is 13.5. The molecule has 0 aromatic carbocycles. The van der Waals surface area contributed by atoms with Crippen LogP contribution in [-0.2, 0) is 9.84 Å². The lowest BCUT2D eigenvalue weighted by molar-refractivity contribution is 0.188. The topological polar surface area (TPSA) is 50.3 Å². The van der Waals surface area contributed by atoms with Crippen LogP contribution < -0.4 is 0 Å². The van der Waals surface area contributed by atoms with Gasteiger partial charge in [0.25, 0.3) is 0 Å². The molecule has 1 aromatic heterocycles. The van der Waals surface area contributed by atoms with Gasteiger partial charge in [-0.05, 0) is 38.3 Å². The Morgan fingerprint density at radius 1 is 1.32 bits per heavy atom. The number of likely N-dealkylation sites (tertiary alicyclic amines) is 1. The molecule has 19 heavy (non-hydrogen) atoms. The Morgan fingerprint density at radius 3 is 2.68 bits per heavy atom. The molecule has 1 aromatic rings. The van der Waals surface area contributed by atoms with Crippen LogP contribution in [0.15, 0.2) is 11.6 Å². The minimum atomic E-state index is -2.73. The zero-order valence-corrected chi connectivity index (χ0v) is 12.6. The first-order valence-corrected chi connectivity index (χ1v) is 9.65. The monoisotopic (exact) mass is 300 g/mol. The molecule has 3 rings (SSSR count). The van der Waals surface area contributed by atoms with Crippen LogP contribution in [0.25, 0.3) is 0 Å². The highest BCUT2D eigenvalue weighted by Gasteiger charge is 2.30. The Kier molecular flexibility index (Phi) is 3.91. The number of hydrogen-bond acceptors (Lipinski definition) is 5. The molecule has 106 valence electrons. The lowest BCUT2D eigenvalue weighted by Crippen LogP contribution is -2.36. The van der Waals surface area contributed by atoms with Crippen molar-refractivity contribution in [1.82, 2.24) is 9.88 Å². The van der Waals surface area contributed by atoms with Gasteiger partial charge < -0.3 is 4.90 Å². The van der Waals surface area contributed by atoms with E-state index >= 15 is 0 Å². The van der Waals surface area contributed by atoms with Crippen molar-refractivity contribution in [1.29, 1.82) is 0 Å². The molecule has 0 N–H and O–H groups in total. The van der Waals surface area contributed by atoms with Crippen molar-refractivity contribution in [2.75, 3.05) is 31.1 Å². The summed E-state index contributed by atoms with van der Waals surface area (Å²) in [5.41, 5.74) is 0. The molecule has 6 heteroatoms. The van der Waals surface area contributed by atoms with E-state index < -0.39 is 9.84 Å². The summed E-state index contributed by atoms with van der Waals surface area (Å²) in [6.45, 7) is 3.13. The number of sulfone groups is 1. The average molecular weight is 300 g/mol. The predicted molar refractivity (Wildman–Crippen MR) is 77.3 cm³/mol. The number of aromatic nitrogens is 1. The van der Waals surface area contributed by atoms with Crippen molar-refractivity contribution in [2.45, 2.75) is 25.2 Å². The van der Waals surface area contributed by atoms with E-state index in [0.29, 0.717) is 23.3 Å². The number of thiazole rings is 1. The van der Waals surface area contributed by atoms with Crippen LogP contribution in [0.4, 0.5) is 0 Å². The number of nitrogens with zero attached hydrogens (tertiary/aromatic N) is 2. The van der Waals surface area contributed by atoms with Gasteiger partial charge in [-0.25, -0.2) is 13.4 Å². The Morgan fingerprint density at radius 2 is 2.11 bits per heavy atom. The fourth-order valence-electron chi connectivity index (χ4n) is 3.18. The van der Waals surface area contributed by atoms with Crippen molar-refractivity contribution < 1.29 is 8.42 Å². The third-order valence-corrected chi connectivity index (χ3v) is 7.01. The van der Waals surface area contributed by atoms with Crippen LogP contribution >= 0.6 is 11.3 Å². The summed E-state index contributed by atoms with van der Waals surface area (Å²) >= 11 is 1.75. The van der Waals surface area contributed by atoms with Crippen molar-refractivity contribution in [3.8, 4) is 0 Å². The summed E-state index contributed by atoms with van der Waals surface area (Å²) in [7, 11) is -2.73. The van der Waals surface area contributed by atoms with Gasteiger partial charge in [-0.2, -0.15) is 0 Å². The Balaban J connectivity index is 1.48. The SMILES string of the molecule is O=S1(=O)CCC(CN2CCC(c3nccs3)CC2)C1. The Hall–Kier alpha value is -0.460. The molecule has 0 aliphatic carbocycles. The molecule has 3 heterocycles. The molecular formula is C13H20N2O2S2. The van der Waals surface area contributed by atoms with Crippen LogP contribution in [0.2, 0.25) is 0 Å². The van der Waals surface area contributed by atoms with Crippen molar-refractivity contribution >= 4 is 21.2 Å². The van der Waals surface area contributed by atoms with E-state index in [0.717, 1.165) is 38.9 Å². The predicted octanol–water partition coefficient (Wildman–Crippen LogP) is 1.76. The molecule has 0 saturated carbocycles. The number of piperidine rings is 1. The number of rotatable bonds is 3. The fraction of sp³-hybridized carbons (Fsp3) is 0.769. The minimum absolute atomic E-state index is 0.362. The molecule has 0 amide bonds. The highest BCUT2D eigenvalue weighted by atomic mass is 32.2. The lowest BCUT2D eigenvalue weighted by Gasteiger charge is -2.32. The second-order valence-electron chi connectivity index (χ2n) is 5.71. The molecular weight excluding hydrogens is 280 g/mol. The maximum absolute atomic E-state index is 11.5. The van der Waals surface area contributed by atoms with Crippen LogP contribution in [0.1, 0.15) is 30.2 Å². The van der Waals surface area contributed by atoms with Gasteiger partial charge >= 0.3 is 0 Å². The minimum Gasteiger partial charge on any atom is -0.303 e. The summed E-state index contributed by atoms with van der Waals surface area (Å²) in [5.74, 6) is 1.78. The third-order valence-electron chi connectivity index (χ3n) is 4.23. The van der Waals surface area contributed by atoms with E-state index in [-0.39, 0.29) is 0 Å². The van der Waals surface area contributed by atoms with Crippen molar-refractivity contribution in [2.24, 2.45) is 5.92 Å². The van der Waals surface area contributed by atoms with Gasteiger partial charge in [0, 0.05) is 24.0 Å². The van der Waals surface area contributed by atoms with Gasteiger partial charge in [-0.3, -0.25) is 0 Å². The molecule has 0 radical (unpaired) electrons. The summed E-state index contributed by atoms with van der Waals surface area (Å²) < 4.78 is 22.9. The molecule has 4 nitrogen and oxygen atoms in total. The van der Waals surface area contributed by atoms with Gasteiger partial charge in [-0.1, -0.05) is 0 Å². The zero-order valence-electron chi connectivity index (χ0n) is 11.0. The number of hydrogen-bond donors (Lipinski definition) is 0. The third kappa shape index (κ3) is 3.35. The summed E-state index contributed by atoms with van der Waals surface area (Å²) in [6.07, 6.45) is 5.06. The first-order valence-electron chi connectivity index (χ1n) is 6.94. The van der Waals surface area contributed by atoms with Crippen LogP contribution in [-0.4, -0.2) is 49.4 Å². The maximum Gasteiger partial charge on any atom is 0.150 e. The molecule has 0 spiro atoms. The summed E-state index contributed by atoms with van der Waals surface area (Å²) in [5, 5.41) is 3.31. The lowest BCUT2D eigenvalue weighted by atomic mass is 9.96. The largest absolute Gasteiger partial charge is 0.303 e. The Bertz CT molecular complexity index is 505. The van der Waals surface area contributed by atoms with Gasteiger partial charge in [-0.15, -0.1) is 11.3 Å². The van der Waals surface area contributed by atoms with Crippen LogP contribution in [0.3, 0.4) is 0 Å². The van der Waals surface area contributed by atoms with E-state index in [9.17, 15) is 8.42 Å². The smallest absolute Gasteiger partial charge is 0.150 e. The molecule has 2 saturated heterocycles. The standard InChI is InChI=1S/C13H20N2O2S2/c16-19(17)8-3-11(10-19)9-15-5-1-12(2-6-15)13-14-4-7-18-13/h4,7,11-12H,1-3,5-6,8-10H2. The van der Waals surface area contributed by atoms with Gasteiger partial charge in [0.15, 0.2) is 9.84 Å². The van der Waals surface area contributed by atoms with Crippen molar-refractivity contribution in [3.63, 3.8) is 0 Å². The second-order valence-corrected chi connectivity index (χ2v) is 8.87. The normalized spacial score (nSPS) is 28.7.